The Bertz CT molecular complexity index is 276. The third kappa shape index (κ3) is 5.04. The van der Waals surface area contributed by atoms with Crippen LogP contribution in [0.15, 0.2) is 30.3 Å². The van der Waals surface area contributed by atoms with Gasteiger partial charge in [0.05, 0.1) is 0 Å². The lowest BCUT2D eigenvalue weighted by molar-refractivity contribution is 0.787. The largest absolute Gasteiger partial charge is 0.152 e. The van der Waals surface area contributed by atoms with Crippen molar-refractivity contribution in [2.24, 2.45) is 0 Å². The first kappa shape index (κ1) is 13.1. The quantitative estimate of drug-likeness (QED) is 0.682. The summed E-state index contributed by atoms with van der Waals surface area (Å²) in [4.78, 5) is 0. The monoisotopic (exact) mass is 240 g/mol. The van der Waals surface area contributed by atoms with E-state index in [1.54, 1.807) is 0 Å². The maximum absolute atomic E-state index is 2.41. The highest BCUT2D eigenvalue weighted by Crippen LogP contribution is 2.48. The minimum absolute atomic E-state index is 0.145. The Morgan fingerprint density at radius 2 is 1.73 bits per heavy atom. The zero-order valence-electron chi connectivity index (χ0n) is 10.2. The van der Waals surface area contributed by atoms with Crippen molar-refractivity contribution in [2.45, 2.75) is 31.7 Å². The van der Waals surface area contributed by atoms with Gasteiger partial charge in [0.25, 0.3) is 0 Å². The van der Waals surface area contributed by atoms with Gasteiger partial charge >= 0.3 is 0 Å². The summed E-state index contributed by atoms with van der Waals surface area (Å²) in [5.41, 5.74) is 2.76. The van der Waals surface area contributed by atoms with Crippen molar-refractivity contribution >= 4 is 19.7 Å². The fraction of sp³-hybridized carbons (Fsp3) is 0.538. The Balaban J connectivity index is 2.28. The lowest BCUT2D eigenvalue weighted by atomic mass is 10.2. The Labute approximate surface area is 99.6 Å². The molecular weight excluding hydrogens is 219 g/mol. The molecule has 0 saturated carbocycles. The van der Waals surface area contributed by atoms with E-state index in [0.717, 1.165) is 5.75 Å². The van der Waals surface area contributed by atoms with Crippen molar-refractivity contribution in [3.05, 3.63) is 35.9 Å². The molecule has 0 bridgehead atoms. The molecule has 0 N–H and O–H groups in total. The maximum Gasteiger partial charge on any atom is 0.0188 e. The maximum atomic E-state index is 2.41. The first-order valence-corrected chi connectivity index (χ1v) is 8.46. The van der Waals surface area contributed by atoms with Crippen molar-refractivity contribution < 1.29 is 0 Å². The smallest absolute Gasteiger partial charge is 0.0188 e. The molecule has 0 aliphatic heterocycles. The molecule has 0 nitrogen and oxygen atoms in total. The van der Waals surface area contributed by atoms with Gasteiger partial charge in [-0.05, 0) is 17.4 Å². The van der Waals surface area contributed by atoms with Crippen LogP contribution < -0.4 is 0 Å². The summed E-state index contributed by atoms with van der Waals surface area (Å²) in [7, 11) is 0.145. The van der Waals surface area contributed by atoms with Gasteiger partial charge in [-0.3, -0.25) is 0 Å². The minimum atomic E-state index is 0.145. The summed E-state index contributed by atoms with van der Waals surface area (Å²) >= 11 is 2.07. The SMILES string of the molecule is CP(CSCc1ccccc1)C(C)(C)C. The summed E-state index contributed by atoms with van der Waals surface area (Å²) in [5.74, 6) is 1.16. The first-order valence-electron chi connectivity index (χ1n) is 5.33. The standard InChI is InChI=1S/C13H21PS/c1-13(2,3)14(4)11-15-10-12-8-6-5-7-9-12/h5-9H,10-11H2,1-4H3. The van der Waals surface area contributed by atoms with Gasteiger partial charge < -0.3 is 0 Å². The lowest BCUT2D eigenvalue weighted by Crippen LogP contribution is -2.11. The summed E-state index contributed by atoms with van der Waals surface area (Å²) in [6.07, 6.45) is 0. The van der Waals surface area contributed by atoms with Gasteiger partial charge in [-0.15, -0.1) is 0 Å². The van der Waals surface area contributed by atoms with E-state index in [1.165, 1.54) is 11.1 Å². The predicted molar refractivity (Wildman–Crippen MR) is 75.2 cm³/mol. The van der Waals surface area contributed by atoms with Crippen molar-refractivity contribution in [1.82, 2.24) is 0 Å². The van der Waals surface area contributed by atoms with Crippen LogP contribution in [0.3, 0.4) is 0 Å². The molecule has 1 aromatic carbocycles. The predicted octanol–water partition coefficient (Wildman–Crippen LogP) is 4.79. The summed E-state index contributed by atoms with van der Waals surface area (Å²) in [6, 6.07) is 10.7. The lowest BCUT2D eigenvalue weighted by Gasteiger charge is -2.27. The van der Waals surface area contributed by atoms with Crippen LogP contribution in [0.4, 0.5) is 0 Å². The van der Waals surface area contributed by atoms with Crippen molar-refractivity contribution in [3.8, 4) is 0 Å². The highest BCUT2D eigenvalue weighted by molar-refractivity contribution is 8.04. The highest BCUT2D eigenvalue weighted by atomic mass is 32.2. The molecule has 1 atom stereocenters. The van der Waals surface area contributed by atoms with Crippen molar-refractivity contribution in [2.75, 3.05) is 12.2 Å². The van der Waals surface area contributed by atoms with E-state index in [1.807, 2.05) is 0 Å². The summed E-state index contributed by atoms with van der Waals surface area (Å²) in [5, 5.41) is 0.499. The third-order valence-electron chi connectivity index (χ3n) is 2.54. The molecular formula is C13H21PS. The average Bonchev–Trinajstić information content (AvgIpc) is 2.18. The molecule has 0 aromatic heterocycles. The van der Waals surface area contributed by atoms with Crippen molar-refractivity contribution in [1.29, 1.82) is 0 Å². The van der Waals surface area contributed by atoms with Crippen LogP contribution in [0.2, 0.25) is 0 Å². The van der Waals surface area contributed by atoms with Gasteiger partial charge in [0.1, 0.15) is 0 Å². The van der Waals surface area contributed by atoms with Gasteiger partial charge in [0.2, 0.25) is 0 Å². The van der Waals surface area contributed by atoms with E-state index in [9.17, 15) is 0 Å². The number of thioether (sulfide) groups is 1. The molecule has 0 aliphatic carbocycles. The number of hydrogen-bond donors (Lipinski definition) is 0. The Kier molecular flexibility index (Phi) is 5.15. The third-order valence-corrected chi connectivity index (χ3v) is 7.65. The Morgan fingerprint density at radius 3 is 2.27 bits per heavy atom. The molecule has 0 saturated heterocycles. The fourth-order valence-corrected chi connectivity index (χ4v) is 4.51. The second-order valence-corrected chi connectivity index (χ2v) is 9.30. The van der Waals surface area contributed by atoms with Crippen molar-refractivity contribution in [3.63, 3.8) is 0 Å². The van der Waals surface area contributed by atoms with E-state index < -0.39 is 0 Å². The Morgan fingerprint density at radius 1 is 1.13 bits per heavy atom. The molecule has 84 valence electrons. The molecule has 1 unspecified atom stereocenters. The molecule has 1 aromatic rings. The highest BCUT2D eigenvalue weighted by Gasteiger charge is 2.18. The molecule has 0 heterocycles. The molecule has 15 heavy (non-hydrogen) atoms. The molecule has 1 rings (SSSR count). The van der Waals surface area contributed by atoms with Crippen LogP contribution in [-0.2, 0) is 5.75 Å². The van der Waals surface area contributed by atoms with E-state index >= 15 is 0 Å². The van der Waals surface area contributed by atoms with Gasteiger partial charge in [-0.2, -0.15) is 11.8 Å². The minimum Gasteiger partial charge on any atom is -0.152 e. The normalized spacial score (nSPS) is 13.9. The average molecular weight is 240 g/mol. The first-order chi connectivity index (χ1) is 7.00. The van der Waals surface area contributed by atoms with E-state index in [0.29, 0.717) is 5.16 Å². The van der Waals surface area contributed by atoms with Crippen LogP contribution in [0.5, 0.6) is 0 Å². The van der Waals surface area contributed by atoms with Crippen LogP contribution in [0.1, 0.15) is 26.3 Å². The topological polar surface area (TPSA) is 0 Å². The summed E-state index contributed by atoms with van der Waals surface area (Å²) < 4.78 is 0. The molecule has 2 heteroatoms. The molecule has 0 amide bonds. The zero-order chi connectivity index (χ0) is 11.3. The van der Waals surface area contributed by atoms with E-state index in [-0.39, 0.29) is 7.92 Å². The summed E-state index contributed by atoms with van der Waals surface area (Å²) in [6.45, 7) is 9.46. The Hall–Kier alpha value is 0. The van der Waals surface area contributed by atoms with Gasteiger partial charge in [-0.1, -0.05) is 59.0 Å². The number of benzene rings is 1. The van der Waals surface area contributed by atoms with Crippen LogP contribution in [0, 0.1) is 0 Å². The van der Waals surface area contributed by atoms with Gasteiger partial charge in [-0.25, -0.2) is 0 Å². The van der Waals surface area contributed by atoms with Gasteiger partial charge in [0, 0.05) is 11.2 Å². The number of rotatable bonds is 4. The number of hydrogen-bond acceptors (Lipinski definition) is 1. The second-order valence-electron chi connectivity index (χ2n) is 4.83. The van der Waals surface area contributed by atoms with Crippen LogP contribution in [0.25, 0.3) is 0 Å². The van der Waals surface area contributed by atoms with E-state index in [4.69, 9.17) is 0 Å². The molecule has 0 spiro atoms. The molecule has 0 radical (unpaired) electrons. The van der Waals surface area contributed by atoms with Crippen LogP contribution in [-0.4, -0.2) is 17.3 Å². The van der Waals surface area contributed by atoms with E-state index in [2.05, 4.69) is 69.5 Å². The van der Waals surface area contributed by atoms with Crippen LogP contribution >= 0.6 is 19.7 Å². The molecule has 0 fully saturated rings. The van der Waals surface area contributed by atoms with Gasteiger partial charge in [0.15, 0.2) is 0 Å². The fourth-order valence-electron chi connectivity index (χ4n) is 1.07. The molecule has 0 aliphatic rings. The second kappa shape index (κ2) is 5.92. The zero-order valence-corrected chi connectivity index (χ0v) is 11.9.